The summed E-state index contributed by atoms with van der Waals surface area (Å²) >= 11 is 7.10. The number of anilines is 2. The average molecular weight is 421 g/mol. The third kappa shape index (κ3) is 5.45. The van der Waals surface area contributed by atoms with Gasteiger partial charge in [-0.1, -0.05) is 11.6 Å². The Bertz CT molecular complexity index is 946. The molecule has 0 spiro atoms. The zero-order valence-corrected chi connectivity index (χ0v) is 16.8. The molecule has 10 heteroatoms. The van der Waals surface area contributed by atoms with Crippen molar-refractivity contribution in [3.63, 3.8) is 0 Å². The van der Waals surface area contributed by atoms with Gasteiger partial charge in [0, 0.05) is 18.7 Å². The molecule has 0 aromatic heterocycles. The van der Waals surface area contributed by atoms with Crippen molar-refractivity contribution in [2.45, 2.75) is 11.8 Å². The Balaban J connectivity index is 2.08. The van der Waals surface area contributed by atoms with E-state index in [-0.39, 0.29) is 11.5 Å². The molecule has 3 N–H and O–H groups in total. The third-order valence-corrected chi connectivity index (χ3v) is 4.52. The van der Waals surface area contributed by atoms with Crippen molar-refractivity contribution in [3.05, 3.63) is 40.9 Å². The molecule has 0 aliphatic carbocycles. The van der Waals surface area contributed by atoms with Crippen LogP contribution in [0.25, 0.3) is 0 Å². The Morgan fingerprint density at radius 3 is 2.43 bits per heavy atom. The summed E-state index contributed by atoms with van der Waals surface area (Å²) in [6, 6.07) is 9.21. The Labute approximate surface area is 171 Å². The lowest BCUT2D eigenvalue weighted by molar-refractivity contribution is -0.114. The van der Waals surface area contributed by atoms with Gasteiger partial charge in [0.1, 0.15) is 17.6 Å². The minimum absolute atomic E-state index is 0.205. The molecule has 0 fully saturated rings. The van der Waals surface area contributed by atoms with Crippen molar-refractivity contribution in [2.24, 2.45) is 0 Å². The largest absolute Gasteiger partial charge is 0.495 e. The van der Waals surface area contributed by atoms with Gasteiger partial charge in [-0.25, -0.2) is 4.79 Å². The normalized spacial score (nSPS) is 9.82. The first-order valence-corrected chi connectivity index (χ1v) is 9.04. The fourth-order valence-corrected chi connectivity index (χ4v) is 3.17. The van der Waals surface area contributed by atoms with E-state index in [4.69, 9.17) is 21.1 Å². The van der Waals surface area contributed by atoms with E-state index in [1.54, 1.807) is 18.2 Å². The molecular formula is C18H17ClN4O4S. The van der Waals surface area contributed by atoms with Gasteiger partial charge in [-0.05, 0) is 36.2 Å². The average Bonchev–Trinajstić information content (AvgIpc) is 2.67. The number of carbonyl (C=O) groups excluding carboxylic acids is 2. The molecule has 2 aromatic carbocycles. The van der Waals surface area contributed by atoms with Crippen LogP contribution in [0.1, 0.15) is 12.5 Å². The van der Waals surface area contributed by atoms with Gasteiger partial charge in [0.25, 0.3) is 0 Å². The van der Waals surface area contributed by atoms with E-state index in [1.165, 1.54) is 33.3 Å². The fourth-order valence-electron chi connectivity index (χ4n) is 2.19. The van der Waals surface area contributed by atoms with Crippen molar-refractivity contribution in [1.82, 2.24) is 4.72 Å². The van der Waals surface area contributed by atoms with E-state index >= 15 is 0 Å². The number of benzene rings is 2. The molecule has 0 radical (unpaired) electrons. The van der Waals surface area contributed by atoms with Crippen LogP contribution in [0.3, 0.4) is 0 Å². The number of nitriles is 1. The number of urea groups is 1. The van der Waals surface area contributed by atoms with Crippen LogP contribution in [-0.2, 0) is 4.79 Å². The number of hydrogen-bond donors (Lipinski definition) is 3. The number of halogens is 1. The van der Waals surface area contributed by atoms with Gasteiger partial charge in [-0.15, -0.1) is 0 Å². The molecular weight excluding hydrogens is 404 g/mol. The number of amides is 3. The van der Waals surface area contributed by atoms with Crippen LogP contribution in [0.4, 0.5) is 16.2 Å². The maximum atomic E-state index is 12.2. The first kappa shape index (κ1) is 21.2. The molecule has 0 aliphatic rings. The first-order valence-electron chi connectivity index (χ1n) is 7.85. The van der Waals surface area contributed by atoms with E-state index < -0.39 is 6.03 Å². The van der Waals surface area contributed by atoms with Crippen molar-refractivity contribution >= 4 is 46.9 Å². The molecule has 3 amide bonds. The highest BCUT2D eigenvalue weighted by Crippen LogP contribution is 2.37. The SMILES string of the molecule is COc1cc(OC)c(SNC(=O)Nc2ccc(NC(C)=O)cc2C#N)cc1Cl. The number of carbonyl (C=O) groups is 2. The molecule has 0 atom stereocenters. The van der Waals surface area contributed by atoms with E-state index in [9.17, 15) is 14.9 Å². The maximum Gasteiger partial charge on any atom is 0.329 e. The van der Waals surface area contributed by atoms with Gasteiger partial charge in [-0.3, -0.25) is 9.52 Å². The quantitative estimate of drug-likeness (QED) is 0.608. The van der Waals surface area contributed by atoms with E-state index in [2.05, 4.69) is 15.4 Å². The predicted octanol–water partition coefficient (Wildman–Crippen LogP) is 4.02. The number of ether oxygens (including phenoxy) is 2. The van der Waals surface area contributed by atoms with Crippen LogP contribution in [0.15, 0.2) is 35.2 Å². The lowest BCUT2D eigenvalue weighted by atomic mass is 10.1. The molecule has 0 heterocycles. The van der Waals surface area contributed by atoms with Crippen LogP contribution in [0.2, 0.25) is 5.02 Å². The monoisotopic (exact) mass is 420 g/mol. The van der Waals surface area contributed by atoms with E-state index in [0.29, 0.717) is 32.8 Å². The Morgan fingerprint density at radius 1 is 1.11 bits per heavy atom. The van der Waals surface area contributed by atoms with E-state index in [0.717, 1.165) is 11.9 Å². The molecule has 2 rings (SSSR count). The minimum Gasteiger partial charge on any atom is -0.495 e. The van der Waals surface area contributed by atoms with Gasteiger partial charge in [0.15, 0.2) is 0 Å². The van der Waals surface area contributed by atoms with Crippen molar-refractivity contribution in [1.29, 1.82) is 5.26 Å². The van der Waals surface area contributed by atoms with Crippen LogP contribution >= 0.6 is 23.5 Å². The van der Waals surface area contributed by atoms with Gasteiger partial charge >= 0.3 is 6.03 Å². The summed E-state index contributed by atoms with van der Waals surface area (Å²) in [6.07, 6.45) is 0. The number of rotatable bonds is 6. The highest BCUT2D eigenvalue weighted by molar-refractivity contribution is 7.98. The predicted molar refractivity (Wildman–Crippen MR) is 108 cm³/mol. The van der Waals surface area contributed by atoms with Crippen LogP contribution < -0.4 is 24.8 Å². The molecule has 28 heavy (non-hydrogen) atoms. The maximum absolute atomic E-state index is 12.2. The Kier molecular flexibility index (Phi) is 7.37. The van der Waals surface area contributed by atoms with Crippen molar-refractivity contribution in [3.8, 4) is 17.6 Å². The molecule has 8 nitrogen and oxygen atoms in total. The minimum atomic E-state index is -0.553. The van der Waals surface area contributed by atoms with E-state index in [1.807, 2.05) is 6.07 Å². The molecule has 0 saturated heterocycles. The second-order valence-corrected chi connectivity index (χ2v) is 6.60. The molecule has 146 valence electrons. The number of hydrogen-bond acceptors (Lipinski definition) is 6. The molecule has 2 aromatic rings. The summed E-state index contributed by atoms with van der Waals surface area (Å²) in [5, 5.41) is 14.8. The zero-order chi connectivity index (χ0) is 20.7. The van der Waals surface area contributed by atoms with Gasteiger partial charge < -0.3 is 20.1 Å². The molecule has 0 saturated carbocycles. The second-order valence-electron chi connectivity index (χ2n) is 5.35. The van der Waals surface area contributed by atoms with Crippen molar-refractivity contribution in [2.75, 3.05) is 24.9 Å². The van der Waals surface area contributed by atoms with Crippen LogP contribution in [0.5, 0.6) is 11.5 Å². The smallest absolute Gasteiger partial charge is 0.329 e. The molecule has 0 aliphatic heterocycles. The van der Waals surface area contributed by atoms with Gasteiger partial charge in [0.2, 0.25) is 5.91 Å². The summed E-state index contributed by atoms with van der Waals surface area (Å²) in [5.74, 6) is 0.667. The number of nitrogens with one attached hydrogen (secondary N) is 3. The second kappa shape index (κ2) is 9.73. The van der Waals surface area contributed by atoms with Crippen LogP contribution in [0, 0.1) is 11.3 Å². The zero-order valence-electron chi connectivity index (χ0n) is 15.3. The summed E-state index contributed by atoms with van der Waals surface area (Å²) < 4.78 is 13.0. The first-order chi connectivity index (χ1) is 13.4. The third-order valence-electron chi connectivity index (χ3n) is 3.40. The van der Waals surface area contributed by atoms with Gasteiger partial charge in [0.05, 0.1) is 35.4 Å². The molecule has 0 bridgehead atoms. The molecule has 0 unspecified atom stereocenters. The summed E-state index contributed by atoms with van der Waals surface area (Å²) in [5.41, 5.74) is 0.966. The highest BCUT2D eigenvalue weighted by Gasteiger charge is 2.13. The lowest BCUT2D eigenvalue weighted by Gasteiger charge is -2.13. The Hall–Kier alpha value is -3.09. The summed E-state index contributed by atoms with van der Waals surface area (Å²) in [4.78, 5) is 23.9. The fraction of sp³-hybridized carbons (Fsp3) is 0.167. The van der Waals surface area contributed by atoms with Crippen LogP contribution in [-0.4, -0.2) is 26.2 Å². The number of nitrogens with zero attached hydrogens (tertiary/aromatic N) is 1. The summed E-state index contributed by atoms with van der Waals surface area (Å²) in [6.45, 7) is 1.36. The van der Waals surface area contributed by atoms with Crippen molar-refractivity contribution < 1.29 is 19.1 Å². The highest BCUT2D eigenvalue weighted by atomic mass is 35.5. The Morgan fingerprint density at radius 2 is 1.82 bits per heavy atom. The lowest BCUT2D eigenvalue weighted by Crippen LogP contribution is -2.23. The number of methoxy groups -OCH3 is 2. The topological polar surface area (TPSA) is 112 Å². The summed E-state index contributed by atoms with van der Waals surface area (Å²) in [7, 11) is 2.98. The van der Waals surface area contributed by atoms with Gasteiger partial charge in [-0.2, -0.15) is 5.26 Å². The standard InChI is InChI=1S/C18H17ClN4O4S/c1-10(24)21-12-4-5-14(11(6-12)9-20)22-18(25)23-28-17-7-13(19)15(26-2)8-16(17)27-3/h4-8H,1-3H3,(H,21,24)(H2,22,23,25).